The largest absolute Gasteiger partial charge is 0.504 e. The van der Waals surface area contributed by atoms with Crippen LogP contribution in [0.4, 0.5) is 0 Å². The highest BCUT2D eigenvalue weighted by molar-refractivity contribution is 5.42. The first kappa shape index (κ1) is 16.8. The highest BCUT2D eigenvalue weighted by Gasteiger charge is 2.23. The fourth-order valence-electron chi connectivity index (χ4n) is 2.30. The van der Waals surface area contributed by atoms with Crippen LogP contribution in [0.2, 0.25) is 0 Å². The molecule has 4 heteroatoms. The molecular weight excluding hydrogens is 252 g/mol. The predicted octanol–water partition coefficient (Wildman–Crippen LogP) is 2.77. The average molecular weight is 280 g/mol. The summed E-state index contributed by atoms with van der Waals surface area (Å²) in [6, 6.07) is 5.78. The summed E-state index contributed by atoms with van der Waals surface area (Å²) in [7, 11) is 1.57. The van der Waals surface area contributed by atoms with E-state index in [1.165, 1.54) is 0 Å². The van der Waals surface area contributed by atoms with Gasteiger partial charge in [-0.1, -0.05) is 26.8 Å². The molecule has 0 heterocycles. The van der Waals surface area contributed by atoms with E-state index in [1.807, 2.05) is 12.1 Å². The minimum atomic E-state index is 0.0886. The molecule has 0 radical (unpaired) electrons. The van der Waals surface area contributed by atoms with E-state index in [0.29, 0.717) is 12.3 Å². The summed E-state index contributed by atoms with van der Waals surface area (Å²) >= 11 is 0. The van der Waals surface area contributed by atoms with Gasteiger partial charge >= 0.3 is 0 Å². The van der Waals surface area contributed by atoms with Crippen molar-refractivity contribution >= 4 is 0 Å². The van der Waals surface area contributed by atoms with Gasteiger partial charge in [0.25, 0.3) is 0 Å². The highest BCUT2D eigenvalue weighted by Crippen LogP contribution is 2.32. The average Bonchev–Trinajstić information content (AvgIpc) is 2.44. The maximum Gasteiger partial charge on any atom is 0.160 e. The molecule has 3 N–H and O–H groups in total. The summed E-state index contributed by atoms with van der Waals surface area (Å²) in [6.45, 7) is 11.2. The van der Waals surface area contributed by atoms with E-state index >= 15 is 0 Å². The molecule has 0 aliphatic rings. The smallest absolute Gasteiger partial charge is 0.160 e. The van der Waals surface area contributed by atoms with Crippen molar-refractivity contribution in [3.63, 3.8) is 0 Å². The Morgan fingerprint density at radius 3 is 2.55 bits per heavy atom. The van der Waals surface area contributed by atoms with Crippen molar-refractivity contribution in [1.82, 2.24) is 4.90 Å². The van der Waals surface area contributed by atoms with Gasteiger partial charge in [-0.05, 0) is 43.1 Å². The van der Waals surface area contributed by atoms with Gasteiger partial charge in [0.05, 0.1) is 7.11 Å². The molecule has 114 valence electrons. The molecule has 0 saturated carbocycles. The third-order valence-corrected chi connectivity index (χ3v) is 3.82. The maximum atomic E-state index is 9.68. The van der Waals surface area contributed by atoms with Gasteiger partial charge in [0, 0.05) is 12.6 Å². The molecule has 0 bridgehead atoms. The number of phenolic OH excluding ortho intramolecular Hbond substituents is 1. The summed E-state index contributed by atoms with van der Waals surface area (Å²) in [5.74, 6) is 0.692. The van der Waals surface area contributed by atoms with E-state index in [-0.39, 0.29) is 17.2 Å². The first-order valence-electron chi connectivity index (χ1n) is 7.15. The molecule has 20 heavy (non-hydrogen) atoms. The molecule has 1 aromatic rings. The Bertz CT molecular complexity index is 432. The molecule has 1 unspecified atom stereocenters. The number of hydrogen-bond acceptors (Lipinski definition) is 4. The Morgan fingerprint density at radius 2 is 2.05 bits per heavy atom. The molecule has 0 aromatic heterocycles. The van der Waals surface area contributed by atoms with Crippen molar-refractivity contribution < 1.29 is 9.84 Å². The number of hydrogen-bond donors (Lipinski definition) is 2. The molecule has 0 spiro atoms. The molecular formula is C16H28N2O2. The Hall–Kier alpha value is -1.26. The Morgan fingerprint density at radius 1 is 1.40 bits per heavy atom. The number of aromatic hydroxyl groups is 1. The number of benzene rings is 1. The first-order chi connectivity index (χ1) is 9.34. The van der Waals surface area contributed by atoms with Gasteiger partial charge < -0.3 is 15.6 Å². The van der Waals surface area contributed by atoms with Crippen LogP contribution in [0.25, 0.3) is 0 Å². The summed E-state index contributed by atoms with van der Waals surface area (Å²) in [4.78, 5) is 2.39. The molecule has 0 aliphatic carbocycles. The number of nitrogens with zero attached hydrogens (tertiary/aromatic N) is 1. The summed E-state index contributed by atoms with van der Waals surface area (Å²) in [5.41, 5.74) is 7.06. The Balaban J connectivity index is 2.93. The van der Waals surface area contributed by atoms with Gasteiger partial charge in [-0.3, -0.25) is 4.90 Å². The van der Waals surface area contributed by atoms with Crippen LogP contribution in [-0.2, 0) is 0 Å². The monoisotopic (exact) mass is 280 g/mol. The maximum absolute atomic E-state index is 9.68. The van der Waals surface area contributed by atoms with Crippen LogP contribution in [0.1, 0.15) is 39.3 Å². The van der Waals surface area contributed by atoms with E-state index < -0.39 is 0 Å². The van der Waals surface area contributed by atoms with Gasteiger partial charge in [0.2, 0.25) is 0 Å². The number of ether oxygens (including phenoxy) is 1. The molecule has 1 rings (SSSR count). The zero-order valence-corrected chi connectivity index (χ0v) is 13.3. The number of phenols is 1. The van der Waals surface area contributed by atoms with Gasteiger partial charge in [-0.25, -0.2) is 0 Å². The van der Waals surface area contributed by atoms with Gasteiger partial charge in [-0.15, -0.1) is 0 Å². The van der Waals surface area contributed by atoms with E-state index in [0.717, 1.165) is 18.7 Å². The van der Waals surface area contributed by atoms with Crippen molar-refractivity contribution in [3.05, 3.63) is 23.8 Å². The summed E-state index contributed by atoms with van der Waals surface area (Å²) in [6.07, 6.45) is 0. The van der Waals surface area contributed by atoms with Crippen LogP contribution < -0.4 is 10.5 Å². The molecule has 0 amide bonds. The molecule has 0 saturated heterocycles. The SMILES string of the molecule is CCN(CC(C)(C)CN)C(C)c1ccc(O)c(OC)c1. The van der Waals surface area contributed by atoms with Crippen LogP contribution in [0.15, 0.2) is 18.2 Å². The molecule has 4 nitrogen and oxygen atoms in total. The van der Waals surface area contributed by atoms with Crippen molar-refractivity contribution in [2.75, 3.05) is 26.7 Å². The minimum Gasteiger partial charge on any atom is -0.504 e. The summed E-state index contributed by atoms with van der Waals surface area (Å²) in [5, 5.41) is 9.68. The van der Waals surface area contributed by atoms with E-state index in [9.17, 15) is 5.11 Å². The van der Waals surface area contributed by atoms with Crippen LogP contribution in [0, 0.1) is 5.41 Å². The van der Waals surface area contributed by atoms with Crippen LogP contribution in [-0.4, -0.2) is 36.8 Å². The molecule has 0 aliphatic heterocycles. The predicted molar refractivity (Wildman–Crippen MR) is 83.2 cm³/mol. The quantitative estimate of drug-likeness (QED) is 0.806. The summed E-state index contributed by atoms with van der Waals surface area (Å²) < 4.78 is 5.18. The van der Waals surface area contributed by atoms with Crippen LogP contribution in [0.3, 0.4) is 0 Å². The van der Waals surface area contributed by atoms with Gasteiger partial charge in [0.15, 0.2) is 11.5 Å². The zero-order chi connectivity index (χ0) is 15.3. The topological polar surface area (TPSA) is 58.7 Å². The lowest BCUT2D eigenvalue weighted by Gasteiger charge is -2.35. The van der Waals surface area contributed by atoms with Crippen molar-refractivity contribution in [3.8, 4) is 11.5 Å². The van der Waals surface area contributed by atoms with E-state index in [2.05, 4.69) is 32.6 Å². The number of methoxy groups -OCH3 is 1. The lowest BCUT2D eigenvalue weighted by atomic mass is 9.92. The fraction of sp³-hybridized carbons (Fsp3) is 0.625. The second-order valence-electron chi connectivity index (χ2n) is 6.04. The fourth-order valence-corrected chi connectivity index (χ4v) is 2.30. The van der Waals surface area contributed by atoms with Crippen molar-refractivity contribution in [2.45, 2.75) is 33.7 Å². The highest BCUT2D eigenvalue weighted by atomic mass is 16.5. The first-order valence-corrected chi connectivity index (χ1v) is 7.15. The van der Waals surface area contributed by atoms with E-state index in [4.69, 9.17) is 10.5 Å². The van der Waals surface area contributed by atoms with Gasteiger partial charge in [-0.2, -0.15) is 0 Å². The van der Waals surface area contributed by atoms with Crippen molar-refractivity contribution in [2.24, 2.45) is 11.1 Å². The lowest BCUT2D eigenvalue weighted by Crippen LogP contribution is -2.39. The van der Waals surface area contributed by atoms with Crippen LogP contribution in [0.5, 0.6) is 11.5 Å². The molecule has 1 aromatic carbocycles. The standard InChI is InChI=1S/C16H28N2O2/c1-6-18(11-16(3,4)10-17)12(2)13-7-8-14(19)15(9-13)20-5/h7-9,12,19H,6,10-11,17H2,1-5H3. The molecule has 0 fully saturated rings. The Labute approximate surface area is 122 Å². The molecule has 1 atom stereocenters. The minimum absolute atomic E-state index is 0.0886. The normalized spacial score (nSPS) is 13.6. The van der Waals surface area contributed by atoms with Crippen LogP contribution >= 0.6 is 0 Å². The number of nitrogens with two attached hydrogens (primary N) is 1. The second-order valence-corrected chi connectivity index (χ2v) is 6.04. The van der Waals surface area contributed by atoms with E-state index in [1.54, 1.807) is 13.2 Å². The lowest BCUT2D eigenvalue weighted by molar-refractivity contribution is 0.147. The van der Waals surface area contributed by atoms with Gasteiger partial charge in [0.1, 0.15) is 0 Å². The Kier molecular flexibility index (Phi) is 5.84. The zero-order valence-electron chi connectivity index (χ0n) is 13.3. The second kappa shape index (κ2) is 6.95. The third-order valence-electron chi connectivity index (χ3n) is 3.82. The third kappa shape index (κ3) is 4.12. The van der Waals surface area contributed by atoms with Crippen molar-refractivity contribution in [1.29, 1.82) is 0 Å². The number of rotatable bonds is 7.